The van der Waals surface area contributed by atoms with Crippen LogP contribution in [-0.4, -0.2) is 56.6 Å². The van der Waals surface area contributed by atoms with Gasteiger partial charge in [0, 0.05) is 19.3 Å². The molecule has 4 rings (SSSR count). The Morgan fingerprint density at radius 1 is 1.07 bits per heavy atom. The van der Waals surface area contributed by atoms with Gasteiger partial charge in [0.1, 0.15) is 0 Å². The van der Waals surface area contributed by atoms with Crippen LogP contribution in [0.2, 0.25) is 0 Å². The van der Waals surface area contributed by atoms with Gasteiger partial charge in [-0.1, -0.05) is 36.4 Å². The maximum atomic E-state index is 13.1. The van der Waals surface area contributed by atoms with E-state index in [1.165, 1.54) is 30.2 Å². The highest BCUT2D eigenvalue weighted by Crippen LogP contribution is 2.39. The number of carbonyl (C=O) groups is 1. The van der Waals surface area contributed by atoms with E-state index >= 15 is 0 Å². The van der Waals surface area contributed by atoms with Crippen LogP contribution in [0.3, 0.4) is 0 Å². The number of likely N-dealkylation sites (N-methyl/N-ethyl adjacent to an activating group) is 1. The monoisotopic (exact) mass is 448 g/mol. The predicted octanol–water partition coefficient (Wildman–Crippen LogP) is 3.27. The van der Waals surface area contributed by atoms with Crippen molar-refractivity contribution in [1.82, 2.24) is 9.80 Å². The van der Waals surface area contributed by atoms with E-state index < -0.39 is 9.84 Å². The van der Waals surface area contributed by atoms with Crippen LogP contribution in [-0.2, 0) is 27.5 Å². The standard InChI is InChI=1S/C23H28N2O3S.ClH/c1-24(22(26)15-17-9-11-19(12-10-17)29(2,27)28)23-20-8-4-3-7-18(20)16-21(23)25-13-5-6-14-25;/h3-4,7-12,21,23H,5-6,13-16H2,1-2H3;1H/t21-,23-;/m0./s1. The smallest absolute Gasteiger partial charge is 0.227 e. The first kappa shape index (κ1) is 22.8. The summed E-state index contributed by atoms with van der Waals surface area (Å²) in [6.45, 7) is 2.20. The Kier molecular flexibility index (Phi) is 6.90. The molecule has 1 saturated heterocycles. The molecule has 1 fully saturated rings. The summed E-state index contributed by atoms with van der Waals surface area (Å²) in [5, 5.41) is 0. The van der Waals surface area contributed by atoms with E-state index in [1.807, 2.05) is 11.9 Å². The molecule has 30 heavy (non-hydrogen) atoms. The maximum absolute atomic E-state index is 13.1. The van der Waals surface area contributed by atoms with Gasteiger partial charge in [0.25, 0.3) is 0 Å². The maximum Gasteiger partial charge on any atom is 0.227 e. The third kappa shape index (κ3) is 4.56. The molecule has 2 aromatic rings. The van der Waals surface area contributed by atoms with E-state index in [-0.39, 0.29) is 35.7 Å². The SMILES string of the molecule is CN(C(=O)Cc1ccc(S(C)(=O)=O)cc1)[C@H]1c2ccccc2C[C@@H]1N1CCCC1.Cl. The van der Waals surface area contributed by atoms with Crippen molar-refractivity contribution in [2.24, 2.45) is 0 Å². The summed E-state index contributed by atoms with van der Waals surface area (Å²) in [5.41, 5.74) is 3.43. The predicted molar refractivity (Wildman–Crippen MR) is 121 cm³/mol. The van der Waals surface area contributed by atoms with Crippen molar-refractivity contribution in [3.8, 4) is 0 Å². The highest BCUT2D eigenvalue weighted by atomic mass is 35.5. The number of sulfone groups is 1. The minimum absolute atomic E-state index is 0. The average molecular weight is 449 g/mol. The first-order chi connectivity index (χ1) is 13.8. The van der Waals surface area contributed by atoms with Crippen molar-refractivity contribution < 1.29 is 13.2 Å². The number of rotatable bonds is 5. The van der Waals surface area contributed by atoms with Crippen LogP contribution in [0.15, 0.2) is 53.4 Å². The summed E-state index contributed by atoms with van der Waals surface area (Å²) in [4.78, 5) is 17.9. The zero-order valence-electron chi connectivity index (χ0n) is 17.5. The number of halogens is 1. The lowest BCUT2D eigenvalue weighted by atomic mass is 10.0. The fraction of sp³-hybridized carbons (Fsp3) is 0.435. The highest BCUT2D eigenvalue weighted by molar-refractivity contribution is 7.90. The van der Waals surface area contributed by atoms with Crippen LogP contribution in [0.1, 0.15) is 35.6 Å². The third-order valence-corrected chi connectivity index (χ3v) is 7.42. The molecule has 0 bridgehead atoms. The van der Waals surface area contributed by atoms with E-state index in [0.29, 0.717) is 6.04 Å². The second-order valence-electron chi connectivity index (χ2n) is 8.26. The van der Waals surface area contributed by atoms with E-state index in [2.05, 4.69) is 29.2 Å². The van der Waals surface area contributed by atoms with Crippen LogP contribution in [0, 0.1) is 0 Å². The quantitative estimate of drug-likeness (QED) is 0.704. The first-order valence-corrected chi connectivity index (χ1v) is 12.1. The van der Waals surface area contributed by atoms with Gasteiger partial charge in [0.2, 0.25) is 5.91 Å². The molecular formula is C23H29ClN2O3S. The number of hydrogen-bond donors (Lipinski definition) is 0. The molecule has 7 heteroatoms. The molecule has 0 radical (unpaired) electrons. The largest absolute Gasteiger partial charge is 0.337 e. The van der Waals surface area contributed by atoms with Crippen LogP contribution >= 0.6 is 12.4 Å². The Morgan fingerprint density at radius 2 is 1.70 bits per heavy atom. The molecule has 0 spiro atoms. The Labute approximate surface area is 185 Å². The number of hydrogen-bond acceptors (Lipinski definition) is 4. The van der Waals surface area contributed by atoms with Gasteiger partial charge in [-0.25, -0.2) is 8.42 Å². The Morgan fingerprint density at radius 3 is 2.33 bits per heavy atom. The number of benzene rings is 2. The van der Waals surface area contributed by atoms with Crippen molar-refractivity contribution in [3.63, 3.8) is 0 Å². The summed E-state index contributed by atoms with van der Waals surface area (Å²) < 4.78 is 23.3. The third-order valence-electron chi connectivity index (χ3n) is 6.29. The van der Waals surface area contributed by atoms with Gasteiger partial charge >= 0.3 is 0 Å². The first-order valence-electron chi connectivity index (χ1n) is 10.2. The van der Waals surface area contributed by atoms with Crippen molar-refractivity contribution in [2.45, 2.75) is 42.7 Å². The van der Waals surface area contributed by atoms with E-state index in [9.17, 15) is 13.2 Å². The molecule has 2 atom stereocenters. The van der Waals surface area contributed by atoms with Gasteiger partial charge in [0.15, 0.2) is 9.84 Å². The lowest BCUT2D eigenvalue weighted by Crippen LogP contribution is -2.44. The zero-order valence-corrected chi connectivity index (χ0v) is 19.1. The normalized spacial score (nSPS) is 21.1. The van der Waals surface area contributed by atoms with Crippen molar-refractivity contribution in [1.29, 1.82) is 0 Å². The average Bonchev–Trinajstić information content (AvgIpc) is 3.34. The molecule has 0 N–H and O–H groups in total. The summed E-state index contributed by atoms with van der Waals surface area (Å²) >= 11 is 0. The zero-order chi connectivity index (χ0) is 20.6. The van der Waals surface area contributed by atoms with E-state index in [0.717, 1.165) is 25.1 Å². The van der Waals surface area contributed by atoms with Crippen molar-refractivity contribution in [3.05, 3.63) is 65.2 Å². The Bertz CT molecular complexity index is 1000. The van der Waals surface area contributed by atoms with Gasteiger partial charge in [-0.05, 0) is 61.2 Å². The minimum atomic E-state index is -3.23. The summed E-state index contributed by atoms with van der Waals surface area (Å²) in [5.74, 6) is 0.0583. The summed E-state index contributed by atoms with van der Waals surface area (Å²) in [6, 6.07) is 15.5. The number of fused-ring (bicyclic) bond motifs is 1. The van der Waals surface area contributed by atoms with Crippen LogP contribution in [0.4, 0.5) is 0 Å². The van der Waals surface area contributed by atoms with E-state index in [4.69, 9.17) is 0 Å². The van der Waals surface area contributed by atoms with Gasteiger partial charge < -0.3 is 4.90 Å². The molecule has 1 aliphatic carbocycles. The van der Waals surface area contributed by atoms with Crippen LogP contribution in [0.5, 0.6) is 0 Å². The Balaban J connectivity index is 0.00000256. The van der Waals surface area contributed by atoms with Gasteiger partial charge in [-0.3, -0.25) is 9.69 Å². The number of nitrogens with zero attached hydrogens (tertiary/aromatic N) is 2. The molecule has 1 aliphatic heterocycles. The second kappa shape index (κ2) is 9.08. The lowest BCUT2D eigenvalue weighted by molar-refractivity contribution is -0.132. The van der Waals surface area contributed by atoms with Gasteiger partial charge in [-0.2, -0.15) is 0 Å². The molecule has 0 saturated carbocycles. The number of likely N-dealkylation sites (tertiary alicyclic amines) is 1. The van der Waals surface area contributed by atoms with Crippen LogP contribution in [0.25, 0.3) is 0 Å². The summed E-state index contributed by atoms with van der Waals surface area (Å²) in [6.07, 6.45) is 4.90. The summed E-state index contributed by atoms with van der Waals surface area (Å²) in [7, 11) is -1.32. The molecule has 2 aromatic carbocycles. The fourth-order valence-electron chi connectivity index (χ4n) is 4.73. The molecular weight excluding hydrogens is 420 g/mol. The lowest BCUT2D eigenvalue weighted by Gasteiger charge is -2.35. The highest BCUT2D eigenvalue weighted by Gasteiger charge is 2.40. The number of amides is 1. The minimum Gasteiger partial charge on any atom is -0.337 e. The molecule has 162 valence electrons. The molecule has 1 heterocycles. The molecule has 5 nitrogen and oxygen atoms in total. The van der Waals surface area contributed by atoms with E-state index in [1.54, 1.807) is 24.3 Å². The molecule has 1 amide bonds. The van der Waals surface area contributed by atoms with Crippen molar-refractivity contribution in [2.75, 3.05) is 26.4 Å². The second-order valence-corrected chi connectivity index (χ2v) is 10.3. The Hall–Kier alpha value is -1.89. The van der Waals surface area contributed by atoms with Gasteiger partial charge in [-0.15, -0.1) is 12.4 Å². The molecule has 2 aliphatic rings. The molecule has 0 unspecified atom stereocenters. The topological polar surface area (TPSA) is 57.7 Å². The van der Waals surface area contributed by atoms with Crippen LogP contribution < -0.4 is 0 Å². The van der Waals surface area contributed by atoms with Crippen molar-refractivity contribution >= 4 is 28.2 Å². The van der Waals surface area contributed by atoms with Gasteiger partial charge in [0.05, 0.1) is 17.4 Å². The molecule has 0 aromatic heterocycles. The number of carbonyl (C=O) groups excluding carboxylic acids is 1. The fourth-order valence-corrected chi connectivity index (χ4v) is 5.36.